The highest BCUT2D eigenvalue weighted by Gasteiger charge is 2.55. The maximum Gasteiger partial charge on any atom is 0.265 e. The Morgan fingerprint density at radius 3 is 1.75 bits per heavy atom. The van der Waals surface area contributed by atoms with E-state index < -0.39 is 63.6 Å². The molecule has 2 heterocycles. The summed E-state index contributed by atoms with van der Waals surface area (Å²) in [5.74, 6) is -13.1. The predicted octanol–water partition coefficient (Wildman–Crippen LogP) is 1.03. The van der Waals surface area contributed by atoms with Gasteiger partial charge < -0.3 is 0 Å². The molecule has 3 rings (SSSR count). The molecule has 10 heteroatoms. The molecule has 0 bridgehead atoms. The Kier molecular flexibility index (Phi) is 3.26. The molecule has 1 aromatic carbocycles. The first kappa shape index (κ1) is 16.1. The van der Waals surface area contributed by atoms with Gasteiger partial charge >= 0.3 is 0 Å². The zero-order valence-electron chi connectivity index (χ0n) is 12.0. The topological polar surface area (TPSA) is 83.6 Å². The number of benzene rings is 1. The van der Waals surface area contributed by atoms with Crippen molar-refractivity contribution in [3.8, 4) is 0 Å². The molecule has 126 valence electrons. The fourth-order valence-corrected chi connectivity index (χ4v) is 2.80. The van der Waals surface area contributed by atoms with Gasteiger partial charge in [-0.1, -0.05) is 0 Å². The molecule has 1 fully saturated rings. The average Bonchev–Trinajstić information content (AvgIpc) is 2.79. The van der Waals surface area contributed by atoms with E-state index in [1.807, 2.05) is 5.32 Å². The number of piperidine rings is 1. The SMILES string of the molecule is CC1(N2C(=O)c3c(F)c(F)c(F)c(F)c3C2=O)CCC(=O)NC1=O. The maximum atomic E-state index is 13.9. The van der Waals surface area contributed by atoms with Gasteiger partial charge in [0.2, 0.25) is 5.91 Å². The van der Waals surface area contributed by atoms with E-state index in [2.05, 4.69) is 0 Å². The van der Waals surface area contributed by atoms with E-state index in [1.165, 1.54) is 0 Å². The number of fused-ring (bicyclic) bond motifs is 1. The molecule has 4 amide bonds. The van der Waals surface area contributed by atoms with Gasteiger partial charge in [-0.25, -0.2) is 17.6 Å². The van der Waals surface area contributed by atoms with Crippen LogP contribution in [0.2, 0.25) is 0 Å². The van der Waals surface area contributed by atoms with E-state index in [0.717, 1.165) is 6.92 Å². The van der Waals surface area contributed by atoms with E-state index in [-0.39, 0.29) is 17.7 Å². The lowest BCUT2D eigenvalue weighted by molar-refractivity contribution is -0.140. The fraction of sp³-hybridized carbons (Fsp3) is 0.286. The molecule has 1 saturated heterocycles. The molecular formula is C14H8F4N2O4. The lowest BCUT2D eigenvalue weighted by Crippen LogP contribution is -2.62. The summed E-state index contributed by atoms with van der Waals surface area (Å²) in [7, 11) is 0. The molecule has 1 N–H and O–H groups in total. The fourth-order valence-electron chi connectivity index (χ4n) is 2.80. The van der Waals surface area contributed by atoms with Crippen LogP contribution in [0.15, 0.2) is 0 Å². The Labute approximate surface area is 131 Å². The number of halogens is 4. The lowest BCUT2D eigenvalue weighted by atomic mass is 9.89. The monoisotopic (exact) mass is 344 g/mol. The molecule has 0 aliphatic carbocycles. The highest BCUT2D eigenvalue weighted by molar-refractivity contribution is 6.24. The van der Waals surface area contributed by atoms with E-state index in [9.17, 15) is 36.7 Å². The molecule has 6 nitrogen and oxygen atoms in total. The third kappa shape index (κ3) is 1.82. The second-order valence-electron chi connectivity index (χ2n) is 5.60. The second kappa shape index (κ2) is 4.86. The summed E-state index contributed by atoms with van der Waals surface area (Å²) in [4.78, 5) is 48.1. The third-order valence-corrected chi connectivity index (χ3v) is 4.18. The predicted molar refractivity (Wildman–Crippen MR) is 67.6 cm³/mol. The normalized spacial score (nSPS) is 23.6. The van der Waals surface area contributed by atoms with Crippen LogP contribution < -0.4 is 5.32 Å². The first-order chi connectivity index (χ1) is 11.1. The number of rotatable bonds is 1. The molecule has 2 aliphatic heterocycles. The number of imide groups is 2. The van der Waals surface area contributed by atoms with Gasteiger partial charge in [0.25, 0.3) is 17.7 Å². The quantitative estimate of drug-likeness (QED) is 0.357. The van der Waals surface area contributed by atoms with Crippen LogP contribution in [0, 0.1) is 23.3 Å². The van der Waals surface area contributed by atoms with Crippen molar-refractivity contribution in [2.45, 2.75) is 25.3 Å². The number of hydrogen-bond acceptors (Lipinski definition) is 4. The average molecular weight is 344 g/mol. The third-order valence-electron chi connectivity index (χ3n) is 4.18. The van der Waals surface area contributed by atoms with Crippen LogP contribution >= 0.6 is 0 Å². The smallest absolute Gasteiger partial charge is 0.265 e. The van der Waals surface area contributed by atoms with Gasteiger partial charge in [0.1, 0.15) is 5.54 Å². The van der Waals surface area contributed by atoms with Gasteiger partial charge in [-0.3, -0.25) is 29.4 Å². The van der Waals surface area contributed by atoms with Crippen LogP contribution in [0.25, 0.3) is 0 Å². The molecule has 0 aromatic heterocycles. The summed E-state index contributed by atoms with van der Waals surface area (Å²) in [6, 6.07) is 0. The summed E-state index contributed by atoms with van der Waals surface area (Å²) < 4.78 is 54.4. The minimum atomic E-state index is -2.23. The standard InChI is InChI=1S/C14H8F4N2O4/c1-14(3-2-4(21)19-13(14)24)20-11(22)5-6(12(20)23)8(16)10(18)9(17)7(5)15/h2-3H2,1H3,(H,19,21,24). The van der Waals surface area contributed by atoms with Crippen molar-refractivity contribution < 1.29 is 36.7 Å². The van der Waals surface area contributed by atoms with Gasteiger partial charge in [-0.05, 0) is 13.3 Å². The molecule has 1 atom stereocenters. The summed E-state index contributed by atoms with van der Waals surface area (Å²) >= 11 is 0. The summed E-state index contributed by atoms with van der Waals surface area (Å²) in [6.07, 6.45) is -0.527. The molecule has 2 aliphatic rings. The highest BCUT2D eigenvalue weighted by atomic mass is 19.2. The molecule has 0 spiro atoms. The van der Waals surface area contributed by atoms with Gasteiger partial charge in [-0.2, -0.15) is 0 Å². The highest BCUT2D eigenvalue weighted by Crippen LogP contribution is 2.37. The maximum absolute atomic E-state index is 13.9. The van der Waals surface area contributed by atoms with E-state index in [1.54, 1.807) is 0 Å². The number of carbonyl (C=O) groups is 4. The zero-order valence-corrected chi connectivity index (χ0v) is 12.0. The molecule has 24 heavy (non-hydrogen) atoms. The van der Waals surface area contributed by atoms with Crippen LogP contribution in [0.4, 0.5) is 17.6 Å². The first-order valence-corrected chi connectivity index (χ1v) is 6.70. The van der Waals surface area contributed by atoms with E-state index in [4.69, 9.17) is 0 Å². The summed E-state index contributed by atoms with van der Waals surface area (Å²) in [5, 5.41) is 1.91. The first-order valence-electron chi connectivity index (χ1n) is 6.70. The molecule has 0 radical (unpaired) electrons. The molecule has 0 saturated carbocycles. The van der Waals surface area contributed by atoms with Gasteiger partial charge in [-0.15, -0.1) is 0 Å². The Bertz CT molecular complexity index is 807. The Hall–Kier alpha value is -2.78. The van der Waals surface area contributed by atoms with Crippen molar-refractivity contribution in [3.05, 3.63) is 34.4 Å². The van der Waals surface area contributed by atoms with Crippen molar-refractivity contribution >= 4 is 23.6 Å². The Morgan fingerprint density at radius 1 is 0.875 bits per heavy atom. The summed E-state index contributed by atoms with van der Waals surface area (Å²) in [5.41, 5.74) is -4.47. The number of carbonyl (C=O) groups excluding carboxylic acids is 4. The number of nitrogens with one attached hydrogen (secondary N) is 1. The van der Waals surface area contributed by atoms with Crippen molar-refractivity contribution in [2.75, 3.05) is 0 Å². The van der Waals surface area contributed by atoms with Crippen LogP contribution in [-0.4, -0.2) is 34.1 Å². The van der Waals surface area contributed by atoms with Crippen LogP contribution in [0.1, 0.15) is 40.5 Å². The van der Waals surface area contributed by atoms with Crippen molar-refractivity contribution in [1.29, 1.82) is 0 Å². The van der Waals surface area contributed by atoms with Crippen LogP contribution in [-0.2, 0) is 9.59 Å². The number of amides is 4. The van der Waals surface area contributed by atoms with E-state index in [0.29, 0.717) is 0 Å². The van der Waals surface area contributed by atoms with Crippen molar-refractivity contribution in [1.82, 2.24) is 10.2 Å². The molecule has 1 aromatic rings. The molecular weight excluding hydrogens is 336 g/mol. The minimum absolute atomic E-state index is 0.227. The molecule has 1 unspecified atom stereocenters. The van der Waals surface area contributed by atoms with Crippen molar-refractivity contribution in [3.63, 3.8) is 0 Å². The van der Waals surface area contributed by atoms with Crippen LogP contribution in [0.3, 0.4) is 0 Å². The Morgan fingerprint density at radius 2 is 1.33 bits per heavy atom. The number of nitrogens with zero attached hydrogens (tertiary/aromatic N) is 1. The van der Waals surface area contributed by atoms with E-state index >= 15 is 0 Å². The van der Waals surface area contributed by atoms with Gasteiger partial charge in [0, 0.05) is 6.42 Å². The Balaban J connectivity index is 2.18. The van der Waals surface area contributed by atoms with Gasteiger partial charge in [0.15, 0.2) is 23.3 Å². The van der Waals surface area contributed by atoms with Crippen LogP contribution in [0.5, 0.6) is 0 Å². The summed E-state index contributed by atoms with van der Waals surface area (Å²) in [6.45, 7) is 1.11. The van der Waals surface area contributed by atoms with Gasteiger partial charge in [0.05, 0.1) is 11.1 Å². The lowest BCUT2D eigenvalue weighted by Gasteiger charge is -2.38. The minimum Gasteiger partial charge on any atom is -0.294 e. The second-order valence-corrected chi connectivity index (χ2v) is 5.60. The number of hydrogen-bond donors (Lipinski definition) is 1. The zero-order chi connectivity index (χ0) is 18.0. The van der Waals surface area contributed by atoms with Crippen molar-refractivity contribution in [2.24, 2.45) is 0 Å². The largest absolute Gasteiger partial charge is 0.294 e.